The number of aromatic nitrogens is 1. The molecule has 1 aromatic rings. The van der Waals surface area contributed by atoms with Crippen LogP contribution in [-0.2, 0) is 12.0 Å². The van der Waals surface area contributed by atoms with Crippen molar-refractivity contribution in [2.24, 2.45) is 5.41 Å². The van der Waals surface area contributed by atoms with E-state index >= 15 is 0 Å². The average molecular weight is 280 g/mol. The van der Waals surface area contributed by atoms with Crippen molar-refractivity contribution in [1.29, 1.82) is 0 Å². The van der Waals surface area contributed by atoms with E-state index in [2.05, 4.69) is 45.3 Å². The van der Waals surface area contributed by atoms with Crippen molar-refractivity contribution in [3.8, 4) is 0 Å². The molecule has 1 aliphatic carbocycles. The fourth-order valence-corrected chi connectivity index (χ4v) is 3.54. The van der Waals surface area contributed by atoms with Crippen LogP contribution >= 0.6 is 11.3 Å². The molecule has 108 valence electrons. The van der Waals surface area contributed by atoms with Gasteiger partial charge in [0.05, 0.1) is 5.69 Å². The van der Waals surface area contributed by atoms with Gasteiger partial charge in [-0.1, -0.05) is 34.6 Å². The molecule has 0 atom stereocenters. The van der Waals surface area contributed by atoms with Gasteiger partial charge < -0.3 is 5.32 Å². The molecule has 0 saturated heterocycles. The van der Waals surface area contributed by atoms with Crippen molar-refractivity contribution in [1.82, 2.24) is 10.3 Å². The molecule has 19 heavy (non-hydrogen) atoms. The summed E-state index contributed by atoms with van der Waals surface area (Å²) in [4.78, 5) is 4.75. The van der Waals surface area contributed by atoms with Gasteiger partial charge in [0.2, 0.25) is 0 Å². The van der Waals surface area contributed by atoms with E-state index < -0.39 is 0 Å². The van der Waals surface area contributed by atoms with Gasteiger partial charge in [-0.15, -0.1) is 11.3 Å². The first kappa shape index (κ1) is 15.0. The molecular weight excluding hydrogens is 252 g/mol. The van der Waals surface area contributed by atoms with E-state index in [1.807, 2.05) is 0 Å². The first-order valence-electron chi connectivity index (χ1n) is 7.45. The smallest absolute Gasteiger partial charge is 0.107 e. The molecule has 0 aromatic carbocycles. The minimum atomic E-state index is 0.170. The Balaban J connectivity index is 1.82. The summed E-state index contributed by atoms with van der Waals surface area (Å²) >= 11 is 1.79. The lowest BCUT2D eigenvalue weighted by atomic mass is 9.75. The molecule has 3 heteroatoms. The normalized spacial score (nSPS) is 20.7. The largest absolute Gasteiger partial charge is 0.308 e. The summed E-state index contributed by atoms with van der Waals surface area (Å²) in [7, 11) is 0. The molecule has 0 amide bonds. The van der Waals surface area contributed by atoms with Gasteiger partial charge in [0.25, 0.3) is 0 Å². The highest BCUT2D eigenvalue weighted by atomic mass is 32.1. The van der Waals surface area contributed by atoms with Crippen LogP contribution < -0.4 is 5.32 Å². The topological polar surface area (TPSA) is 24.9 Å². The van der Waals surface area contributed by atoms with E-state index in [1.165, 1.54) is 36.4 Å². The van der Waals surface area contributed by atoms with E-state index in [-0.39, 0.29) is 5.41 Å². The van der Waals surface area contributed by atoms with Crippen molar-refractivity contribution >= 4 is 11.3 Å². The molecule has 1 aliphatic rings. The summed E-state index contributed by atoms with van der Waals surface area (Å²) in [5.41, 5.74) is 1.95. The molecule has 1 aromatic heterocycles. The zero-order valence-corrected chi connectivity index (χ0v) is 13.9. The van der Waals surface area contributed by atoms with Gasteiger partial charge in [-0.25, -0.2) is 4.98 Å². The van der Waals surface area contributed by atoms with Crippen LogP contribution in [0.4, 0.5) is 0 Å². The van der Waals surface area contributed by atoms with Gasteiger partial charge in [0.1, 0.15) is 5.01 Å². The number of rotatable bonds is 3. The van der Waals surface area contributed by atoms with E-state index in [0.717, 1.165) is 6.54 Å². The highest BCUT2D eigenvalue weighted by Gasteiger charge is 2.26. The van der Waals surface area contributed by atoms with E-state index in [0.29, 0.717) is 11.5 Å². The maximum atomic E-state index is 4.75. The fourth-order valence-electron chi connectivity index (χ4n) is 2.57. The lowest BCUT2D eigenvalue weighted by Crippen LogP contribution is -2.35. The minimum absolute atomic E-state index is 0.170. The Bertz CT molecular complexity index is 405. The van der Waals surface area contributed by atoms with Crippen molar-refractivity contribution in [3.05, 3.63) is 16.1 Å². The number of nitrogens with zero attached hydrogens (tertiary/aromatic N) is 1. The molecular formula is C16H28N2S. The summed E-state index contributed by atoms with van der Waals surface area (Å²) in [5.74, 6) is 0. The quantitative estimate of drug-likeness (QED) is 0.882. The second-order valence-electron chi connectivity index (χ2n) is 7.70. The van der Waals surface area contributed by atoms with Crippen LogP contribution in [0.3, 0.4) is 0 Å². The van der Waals surface area contributed by atoms with Crippen LogP contribution in [0.5, 0.6) is 0 Å². The predicted molar refractivity (Wildman–Crippen MR) is 83.7 cm³/mol. The van der Waals surface area contributed by atoms with Gasteiger partial charge in [-0.3, -0.25) is 0 Å². The molecule has 1 fully saturated rings. The predicted octanol–water partition coefficient (Wildman–Crippen LogP) is 4.50. The number of hydrogen-bond donors (Lipinski definition) is 1. The van der Waals surface area contributed by atoms with Gasteiger partial charge in [0, 0.05) is 23.4 Å². The monoisotopic (exact) mass is 280 g/mol. The summed E-state index contributed by atoms with van der Waals surface area (Å²) in [5, 5.41) is 7.13. The summed E-state index contributed by atoms with van der Waals surface area (Å²) in [6.07, 6.45) is 5.31. The molecule has 2 rings (SSSR count). The zero-order chi connectivity index (χ0) is 14.1. The molecule has 0 spiro atoms. The van der Waals surface area contributed by atoms with Crippen molar-refractivity contribution in [2.45, 2.75) is 78.3 Å². The maximum Gasteiger partial charge on any atom is 0.107 e. The summed E-state index contributed by atoms with van der Waals surface area (Å²) in [6.45, 7) is 12.4. The highest BCUT2D eigenvalue weighted by Crippen LogP contribution is 2.35. The summed E-state index contributed by atoms with van der Waals surface area (Å²) < 4.78 is 0. The SMILES string of the molecule is CC1(C)CCC(NCc2nc(C(C)(C)C)cs2)CC1. The molecule has 1 saturated carbocycles. The Labute approximate surface area is 122 Å². The molecule has 0 unspecified atom stereocenters. The number of hydrogen-bond acceptors (Lipinski definition) is 3. The van der Waals surface area contributed by atoms with E-state index in [4.69, 9.17) is 4.98 Å². The second kappa shape index (κ2) is 5.53. The van der Waals surface area contributed by atoms with Crippen molar-refractivity contribution < 1.29 is 0 Å². The number of nitrogens with one attached hydrogen (secondary N) is 1. The second-order valence-corrected chi connectivity index (χ2v) is 8.64. The van der Waals surface area contributed by atoms with Crippen LogP contribution in [-0.4, -0.2) is 11.0 Å². The fraction of sp³-hybridized carbons (Fsp3) is 0.812. The lowest BCUT2D eigenvalue weighted by Gasteiger charge is -2.34. The lowest BCUT2D eigenvalue weighted by molar-refractivity contribution is 0.206. The standard InChI is InChI=1S/C16H28N2S/c1-15(2,3)13-11-19-14(18-13)10-17-12-6-8-16(4,5)9-7-12/h11-12,17H,6-10H2,1-5H3. The minimum Gasteiger partial charge on any atom is -0.308 e. The Morgan fingerprint density at radius 1 is 1.32 bits per heavy atom. The van der Waals surface area contributed by atoms with Crippen molar-refractivity contribution in [3.63, 3.8) is 0 Å². The van der Waals surface area contributed by atoms with Crippen LogP contribution in [0.1, 0.15) is 71.0 Å². The number of thiazole rings is 1. The average Bonchev–Trinajstić information content (AvgIpc) is 2.76. The van der Waals surface area contributed by atoms with Gasteiger partial charge in [-0.05, 0) is 31.1 Å². The van der Waals surface area contributed by atoms with Crippen molar-refractivity contribution in [2.75, 3.05) is 0 Å². The summed E-state index contributed by atoms with van der Waals surface area (Å²) in [6, 6.07) is 0.690. The first-order valence-corrected chi connectivity index (χ1v) is 8.32. The first-order chi connectivity index (χ1) is 8.76. The Kier molecular flexibility index (Phi) is 4.36. The van der Waals surface area contributed by atoms with Crippen LogP contribution in [0.25, 0.3) is 0 Å². The molecule has 2 nitrogen and oxygen atoms in total. The Morgan fingerprint density at radius 2 is 1.95 bits per heavy atom. The highest BCUT2D eigenvalue weighted by molar-refractivity contribution is 7.09. The molecule has 0 bridgehead atoms. The Morgan fingerprint density at radius 3 is 2.47 bits per heavy atom. The van der Waals surface area contributed by atoms with E-state index in [1.54, 1.807) is 11.3 Å². The van der Waals surface area contributed by atoms with Crippen LogP contribution in [0.2, 0.25) is 0 Å². The van der Waals surface area contributed by atoms with Gasteiger partial charge >= 0.3 is 0 Å². The van der Waals surface area contributed by atoms with Gasteiger partial charge in [0.15, 0.2) is 0 Å². The Hall–Kier alpha value is -0.410. The van der Waals surface area contributed by atoms with E-state index in [9.17, 15) is 0 Å². The molecule has 1 N–H and O–H groups in total. The third-order valence-electron chi connectivity index (χ3n) is 4.20. The maximum absolute atomic E-state index is 4.75. The molecule has 0 radical (unpaired) electrons. The molecule has 0 aliphatic heterocycles. The third-order valence-corrected chi connectivity index (χ3v) is 5.05. The van der Waals surface area contributed by atoms with Crippen LogP contribution in [0, 0.1) is 5.41 Å². The third kappa shape index (κ3) is 4.28. The van der Waals surface area contributed by atoms with Gasteiger partial charge in [-0.2, -0.15) is 0 Å². The molecule has 1 heterocycles. The van der Waals surface area contributed by atoms with Crippen LogP contribution in [0.15, 0.2) is 5.38 Å². The zero-order valence-electron chi connectivity index (χ0n) is 13.0.